The number of aromatic nitrogens is 3. The summed E-state index contributed by atoms with van der Waals surface area (Å²) in [5.74, 6) is -0.240. The van der Waals surface area contributed by atoms with E-state index in [1.807, 2.05) is 25.1 Å². The number of hydrogen-bond acceptors (Lipinski definition) is 3. The van der Waals surface area contributed by atoms with Gasteiger partial charge in [-0.1, -0.05) is 19.1 Å². The topological polar surface area (TPSA) is 51.0 Å². The van der Waals surface area contributed by atoms with Crippen molar-refractivity contribution in [3.05, 3.63) is 75.1 Å². The highest BCUT2D eigenvalue weighted by Crippen LogP contribution is 2.40. The average molecular weight is 543 g/mol. The lowest BCUT2D eigenvalue weighted by molar-refractivity contribution is -0.140. The lowest BCUT2D eigenvalue weighted by Gasteiger charge is -2.31. The second kappa shape index (κ2) is 8.48. The molecule has 35 heavy (non-hydrogen) atoms. The first kappa shape index (κ1) is 23.5. The van der Waals surface area contributed by atoms with Crippen LogP contribution in [0.15, 0.2) is 47.1 Å². The molecule has 0 radical (unpaired) electrons. The minimum Gasteiger partial charge on any atom is -0.307 e. The Morgan fingerprint density at radius 1 is 1.11 bits per heavy atom. The third-order valence-corrected chi connectivity index (χ3v) is 6.96. The molecule has 0 spiro atoms. The third-order valence-electron chi connectivity index (χ3n) is 6.36. The van der Waals surface area contributed by atoms with Crippen LogP contribution in [0.4, 0.5) is 18.9 Å². The molecule has 0 N–H and O–H groups in total. The standard InChI is InChI=1S/C26H22BrF3N4O/c1-4-15-11-19-22(10-14(2)31-23(19)21(27)12-15)34-9-8-17-16(6-5-7-18(17)25(34)35)20-13-33(3)32-24(20)26(28,29)30/h5-7,10-13H,4,8-9H2,1-3H3. The number of fused-ring (bicyclic) bond motifs is 2. The molecular formula is C26H22BrF3N4O. The maximum absolute atomic E-state index is 13.7. The van der Waals surface area contributed by atoms with E-state index in [1.165, 1.54) is 13.2 Å². The summed E-state index contributed by atoms with van der Waals surface area (Å²) in [5, 5.41) is 4.50. The van der Waals surface area contributed by atoms with Crippen molar-refractivity contribution in [3.8, 4) is 11.1 Å². The van der Waals surface area contributed by atoms with Gasteiger partial charge in [0.1, 0.15) is 0 Å². The number of halogens is 4. The highest BCUT2D eigenvalue weighted by molar-refractivity contribution is 9.10. The highest BCUT2D eigenvalue weighted by Gasteiger charge is 2.38. The number of pyridine rings is 1. The van der Waals surface area contributed by atoms with Gasteiger partial charge < -0.3 is 4.90 Å². The zero-order chi connectivity index (χ0) is 25.1. The van der Waals surface area contributed by atoms with Gasteiger partial charge in [-0.05, 0) is 76.7 Å². The summed E-state index contributed by atoms with van der Waals surface area (Å²) in [6, 6.07) is 10.9. The van der Waals surface area contributed by atoms with Crippen LogP contribution >= 0.6 is 15.9 Å². The van der Waals surface area contributed by atoms with Crippen molar-refractivity contribution in [2.75, 3.05) is 11.4 Å². The Morgan fingerprint density at radius 2 is 1.86 bits per heavy atom. The monoisotopic (exact) mass is 542 g/mol. The molecule has 9 heteroatoms. The summed E-state index contributed by atoms with van der Waals surface area (Å²) >= 11 is 3.62. The molecule has 0 aliphatic carbocycles. The Labute approximate surface area is 208 Å². The summed E-state index contributed by atoms with van der Waals surface area (Å²) in [7, 11) is 1.46. The van der Waals surface area contributed by atoms with Crippen LogP contribution in [0.1, 0.15) is 39.8 Å². The Morgan fingerprint density at radius 3 is 2.57 bits per heavy atom. The molecule has 2 aromatic carbocycles. The SMILES string of the molecule is CCc1cc(Br)c2nc(C)cc(N3CCc4c(cccc4-c4cn(C)nc4C(F)(F)F)C3=O)c2c1. The summed E-state index contributed by atoms with van der Waals surface area (Å²) in [6.45, 7) is 4.29. The van der Waals surface area contributed by atoms with Crippen molar-refractivity contribution in [3.63, 3.8) is 0 Å². The van der Waals surface area contributed by atoms with Gasteiger partial charge in [0.15, 0.2) is 5.69 Å². The second-order valence-corrected chi connectivity index (χ2v) is 9.57. The van der Waals surface area contributed by atoms with Crippen LogP contribution in [0.5, 0.6) is 0 Å². The van der Waals surface area contributed by atoms with Crippen molar-refractivity contribution >= 4 is 38.4 Å². The van der Waals surface area contributed by atoms with E-state index in [0.717, 1.165) is 43.4 Å². The van der Waals surface area contributed by atoms with E-state index in [1.54, 1.807) is 23.1 Å². The van der Waals surface area contributed by atoms with E-state index in [9.17, 15) is 18.0 Å². The Balaban J connectivity index is 1.65. The molecule has 5 nitrogen and oxygen atoms in total. The van der Waals surface area contributed by atoms with Crippen LogP contribution in [-0.2, 0) is 26.1 Å². The van der Waals surface area contributed by atoms with Gasteiger partial charge in [0.25, 0.3) is 5.91 Å². The van der Waals surface area contributed by atoms with Crippen LogP contribution in [-0.4, -0.2) is 27.2 Å². The van der Waals surface area contributed by atoms with Gasteiger partial charge in [-0.15, -0.1) is 0 Å². The fraction of sp³-hybridized carbons (Fsp3) is 0.269. The zero-order valence-electron chi connectivity index (χ0n) is 19.4. The molecule has 5 rings (SSSR count). The average Bonchev–Trinajstić information content (AvgIpc) is 3.21. The zero-order valence-corrected chi connectivity index (χ0v) is 21.0. The van der Waals surface area contributed by atoms with E-state index >= 15 is 0 Å². The van der Waals surface area contributed by atoms with Crippen LogP contribution in [0.25, 0.3) is 22.0 Å². The molecule has 0 fully saturated rings. The van der Waals surface area contributed by atoms with Crippen molar-refractivity contribution in [1.82, 2.24) is 14.8 Å². The number of hydrogen-bond donors (Lipinski definition) is 0. The fourth-order valence-corrected chi connectivity index (χ4v) is 5.38. The number of alkyl halides is 3. The number of rotatable bonds is 3. The summed E-state index contributed by atoms with van der Waals surface area (Å²) in [6.07, 6.45) is -1.99. The number of nitrogens with zero attached hydrogens (tertiary/aromatic N) is 4. The van der Waals surface area contributed by atoms with Crippen molar-refractivity contribution in [1.29, 1.82) is 0 Å². The predicted molar refractivity (Wildman–Crippen MR) is 133 cm³/mol. The molecule has 1 amide bonds. The van der Waals surface area contributed by atoms with E-state index in [0.29, 0.717) is 29.7 Å². The van der Waals surface area contributed by atoms with Crippen LogP contribution in [0.3, 0.4) is 0 Å². The summed E-state index contributed by atoms with van der Waals surface area (Å²) < 4.78 is 43.0. The van der Waals surface area contributed by atoms with Gasteiger partial charge in [0.2, 0.25) is 0 Å². The number of anilines is 1. The first-order chi connectivity index (χ1) is 16.6. The normalized spacial score (nSPS) is 14.0. The van der Waals surface area contributed by atoms with E-state index in [-0.39, 0.29) is 11.5 Å². The van der Waals surface area contributed by atoms with Crippen molar-refractivity contribution < 1.29 is 18.0 Å². The van der Waals surface area contributed by atoms with Crippen molar-refractivity contribution in [2.24, 2.45) is 7.05 Å². The Bertz CT molecular complexity index is 1490. The first-order valence-electron chi connectivity index (χ1n) is 11.2. The maximum atomic E-state index is 13.7. The molecule has 3 heterocycles. The maximum Gasteiger partial charge on any atom is 0.435 e. The summed E-state index contributed by atoms with van der Waals surface area (Å²) in [4.78, 5) is 20.1. The van der Waals surface area contributed by atoms with Gasteiger partial charge in [0, 0.05) is 46.5 Å². The molecule has 1 aliphatic heterocycles. The van der Waals surface area contributed by atoms with Crippen molar-refractivity contribution in [2.45, 2.75) is 32.9 Å². The molecule has 4 aromatic rings. The van der Waals surface area contributed by atoms with Crippen LogP contribution < -0.4 is 4.90 Å². The highest BCUT2D eigenvalue weighted by atomic mass is 79.9. The van der Waals surface area contributed by atoms with Gasteiger partial charge in [-0.2, -0.15) is 18.3 Å². The number of carbonyl (C=O) groups excluding carboxylic acids is 1. The predicted octanol–water partition coefficient (Wildman–Crippen LogP) is 6.49. The van der Waals surface area contributed by atoms with E-state index in [2.05, 4.69) is 32.9 Å². The van der Waals surface area contributed by atoms with Gasteiger partial charge in [-0.25, -0.2) is 0 Å². The Kier molecular flexibility index (Phi) is 5.70. The molecular weight excluding hydrogens is 521 g/mol. The number of amides is 1. The summed E-state index contributed by atoms with van der Waals surface area (Å²) in [5.41, 5.74) is 3.85. The smallest absolute Gasteiger partial charge is 0.307 e. The minimum atomic E-state index is -4.60. The quantitative estimate of drug-likeness (QED) is 0.297. The van der Waals surface area contributed by atoms with Gasteiger partial charge in [-0.3, -0.25) is 14.5 Å². The van der Waals surface area contributed by atoms with E-state index in [4.69, 9.17) is 0 Å². The van der Waals surface area contributed by atoms with Gasteiger partial charge in [0.05, 0.1) is 11.2 Å². The molecule has 180 valence electrons. The van der Waals surface area contributed by atoms with Crippen LogP contribution in [0, 0.1) is 6.92 Å². The lowest BCUT2D eigenvalue weighted by Crippen LogP contribution is -2.38. The molecule has 0 unspecified atom stereocenters. The second-order valence-electron chi connectivity index (χ2n) is 8.71. The first-order valence-corrected chi connectivity index (χ1v) is 12.0. The largest absolute Gasteiger partial charge is 0.435 e. The molecule has 2 aromatic heterocycles. The molecule has 0 saturated heterocycles. The number of aryl methyl sites for hydroxylation is 3. The van der Waals surface area contributed by atoms with Gasteiger partial charge >= 0.3 is 6.18 Å². The fourth-order valence-electron chi connectivity index (χ4n) is 4.78. The molecule has 0 saturated carbocycles. The van der Waals surface area contributed by atoms with E-state index < -0.39 is 11.9 Å². The molecule has 0 atom stereocenters. The number of benzene rings is 2. The number of carbonyl (C=O) groups is 1. The molecule has 0 bridgehead atoms. The third kappa shape index (κ3) is 4.01. The lowest BCUT2D eigenvalue weighted by atomic mass is 9.90. The Hall–Kier alpha value is -3.20. The van der Waals surface area contributed by atoms with Crippen LogP contribution in [0.2, 0.25) is 0 Å². The molecule has 1 aliphatic rings. The minimum absolute atomic E-state index is 0.0141.